The van der Waals surface area contributed by atoms with Crippen LogP contribution < -0.4 is 5.32 Å². The predicted molar refractivity (Wildman–Crippen MR) is 125 cm³/mol. The second kappa shape index (κ2) is 9.55. The van der Waals surface area contributed by atoms with Crippen LogP contribution in [0.25, 0.3) is 0 Å². The summed E-state index contributed by atoms with van der Waals surface area (Å²) in [6.45, 7) is 5.95. The lowest BCUT2D eigenvalue weighted by atomic mass is 9.77. The number of ether oxygens (including phenoxy) is 2. The zero-order chi connectivity index (χ0) is 25.6. The number of carbonyl (C=O) groups is 3. The summed E-state index contributed by atoms with van der Waals surface area (Å²) in [6.07, 6.45) is -0.397. The van der Waals surface area contributed by atoms with Gasteiger partial charge in [0.2, 0.25) is 5.91 Å². The molecule has 1 aromatic carbocycles. The molecular weight excluding hydrogens is 472 g/mol. The molecule has 0 aromatic heterocycles. The molecular formula is C26H31F2N3O5. The number of carbonyl (C=O) groups excluding carboxylic acids is 3. The molecule has 1 aromatic rings. The molecule has 0 radical (unpaired) electrons. The highest BCUT2D eigenvalue weighted by Crippen LogP contribution is 2.44. The summed E-state index contributed by atoms with van der Waals surface area (Å²) in [7, 11) is 0. The van der Waals surface area contributed by atoms with Crippen LogP contribution in [0, 0.1) is 12.3 Å². The first-order chi connectivity index (χ1) is 17.2. The van der Waals surface area contributed by atoms with E-state index >= 15 is 0 Å². The number of nitrogens with zero attached hydrogens (tertiary/aromatic N) is 2. The maximum absolute atomic E-state index is 13.4. The van der Waals surface area contributed by atoms with Crippen LogP contribution in [0.3, 0.4) is 0 Å². The van der Waals surface area contributed by atoms with Gasteiger partial charge in [0.15, 0.2) is 0 Å². The van der Waals surface area contributed by atoms with Crippen molar-refractivity contribution in [3.63, 3.8) is 0 Å². The van der Waals surface area contributed by atoms with E-state index in [2.05, 4.69) is 10.2 Å². The normalized spacial score (nSPS) is 22.6. The van der Waals surface area contributed by atoms with Crippen molar-refractivity contribution in [2.75, 3.05) is 39.3 Å². The quantitative estimate of drug-likeness (QED) is 0.573. The van der Waals surface area contributed by atoms with Gasteiger partial charge in [-0.1, -0.05) is 6.07 Å². The highest BCUT2D eigenvalue weighted by molar-refractivity contribution is 5.94. The van der Waals surface area contributed by atoms with E-state index in [9.17, 15) is 23.2 Å². The van der Waals surface area contributed by atoms with E-state index in [1.165, 1.54) is 0 Å². The molecule has 4 aliphatic rings. The molecule has 1 N–H and O–H groups in total. The lowest BCUT2D eigenvalue weighted by molar-refractivity contribution is -0.138. The van der Waals surface area contributed by atoms with E-state index in [-0.39, 0.29) is 37.1 Å². The minimum absolute atomic E-state index is 0.0568. The van der Waals surface area contributed by atoms with Crippen LogP contribution in [-0.2, 0) is 25.7 Å². The average Bonchev–Trinajstić information content (AvgIpc) is 3.50. The number of amides is 1. The summed E-state index contributed by atoms with van der Waals surface area (Å²) in [4.78, 5) is 41.0. The van der Waals surface area contributed by atoms with Crippen molar-refractivity contribution in [1.29, 1.82) is 0 Å². The van der Waals surface area contributed by atoms with Crippen LogP contribution in [0.4, 0.5) is 8.78 Å². The fourth-order valence-electron chi connectivity index (χ4n) is 5.96. The summed E-state index contributed by atoms with van der Waals surface area (Å²) < 4.78 is 36.5. The van der Waals surface area contributed by atoms with Gasteiger partial charge in [-0.2, -0.15) is 0 Å². The second-order valence-electron chi connectivity index (χ2n) is 10.2. The molecule has 0 aliphatic carbocycles. The number of fused-ring (bicyclic) bond motifs is 1. The number of nitrogens with one attached hydrogen (secondary N) is 1. The SMILES string of the molecule is CC1=C(N2CCC3(CCN(CC(NCC(F)F)c4ccc5c(c4C)COC5=O)CC3)C2=O)COC1=O. The van der Waals surface area contributed by atoms with Crippen LogP contribution >= 0.6 is 0 Å². The summed E-state index contributed by atoms with van der Waals surface area (Å²) in [5.74, 6) is -0.664. The maximum atomic E-state index is 13.4. The third-order valence-electron chi connectivity index (χ3n) is 8.27. The number of halogens is 2. The van der Waals surface area contributed by atoms with Crippen molar-refractivity contribution in [3.05, 3.63) is 45.7 Å². The van der Waals surface area contributed by atoms with Crippen LogP contribution in [0.5, 0.6) is 0 Å². The van der Waals surface area contributed by atoms with E-state index in [4.69, 9.17) is 9.47 Å². The highest BCUT2D eigenvalue weighted by Gasteiger charge is 2.50. The smallest absolute Gasteiger partial charge is 0.338 e. The van der Waals surface area contributed by atoms with Crippen molar-refractivity contribution in [2.45, 2.75) is 52.2 Å². The Labute approximate surface area is 208 Å². The summed E-state index contributed by atoms with van der Waals surface area (Å²) in [5.41, 5.74) is 3.84. The van der Waals surface area contributed by atoms with Gasteiger partial charge in [-0.15, -0.1) is 0 Å². The summed E-state index contributed by atoms with van der Waals surface area (Å²) in [6, 6.07) is 3.20. The molecule has 36 heavy (non-hydrogen) atoms. The Hall–Kier alpha value is -2.85. The van der Waals surface area contributed by atoms with E-state index in [0.29, 0.717) is 55.9 Å². The Morgan fingerprint density at radius 1 is 1.00 bits per heavy atom. The molecule has 4 aliphatic heterocycles. The minimum atomic E-state index is -2.48. The zero-order valence-corrected chi connectivity index (χ0v) is 20.6. The van der Waals surface area contributed by atoms with Gasteiger partial charge in [0.1, 0.15) is 13.2 Å². The molecule has 4 heterocycles. The molecule has 1 amide bonds. The number of piperidine rings is 1. The second-order valence-corrected chi connectivity index (χ2v) is 10.2. The Kier molecular flexibility index (Phi) is 6.59. The molecule has 194 valence electrons. The Morgan fingerprint density at radius 2 is 1.69 bits per heavy atom. The van der Waals surface area contributed by atoms with Crippen molar-refractivity contribution in [1.82, 2.24) is 15.1 Å². The Bertz CT molecular complexity index is 1130. The van der Waals surface area contributed by atoms with Crippen molar-refractivity contribution in [3.8, 4) is 0 Å². The van der Waals surface area contributed by atoms with E-state index in [1.807, 2.05) is 13.0 Å². The number of rotatable bonds is 7. The standard InChI is InChI=1S/C26H31F2N3O5/c1-15-17(3-4-18-19(15)13-35-24(18)33)20(29-11-22(27)28)12-30-8-5-26(6-9-30)7-10-31(25(26)34)21-14-36-23(32)16(21)2/h3-4,20,22,29H,5-14H2,1-2H3. The van der Waals surface area contributed by atoms with Gasteiger partial charge in [-0.25, -0.2) is 18.4 Å². The van der Waals surface area contributed by atoms with Gasteiger partial charge in [0.25, 0.3) is 6.43 Å². The molecule has 2 fully saturated rings. The van der Waals surface area contributed by atoms with E-state index < -0.39 is 18.4 Å². The zero-order valence-electron chi connectivity index (χ0n) is 20.6. The molecule has 1 atom stereocenters. The predicted octanol–water partition coefficient (Wildman–Crippen LogP) is 2.71. The molecule has 0 bridgehead atoms. The fourth-order valence-corrected chi connectivity index (χ4v) is 5.96. The van der Waals surface area contributed by atoms with Crippen LogP contribution in [-0.4, -0.2) is 73.4 Å². The first-order valence-electron chi connectivity index (χ1n) is 12.4. The number of likely N-dealkylation sites (tertiary alicyclic amines) is 2. The number of esters is 2. The Balaban J connectivity index is 1.28. The van der Waals surface area contributed by atoms with Crippen molar-refractivity contribution in [2.24, 2.45) is 5.41 Å². The first-order valence-corrected chi connectivity index (χ1v) is 12.4. The molecule has 10 heteroatoms. The number of hydrogen-bond acceptors (Lipinski definition) is 7. The maximum Gasteiger partial charge on any atom is 0.338 e. The number of benzene rings is 1. The number of hydrogen-bond donors (Lipinski definition) is 1. The van der Waals surface area contributed by atoms with Gasteiger partial charge in [0.05, 0.1) is 28.8 Å². The monoisotopic (exact) mass is 503 g/mol. The lowest BCUT2D eigenvalue weighted by Gasteiger charge is -2.39. The third-order valence-corrected chi connectivity index (χ3v) is 8.27. The van der Waals surface area contributed by atoms with Gasteiger partial charge in [-0.05, 0) is 63.4 Å². The van der Waals surface area contributed by atoms with E-state index in [1.54, 1.807) is 17.9 Å². The molecule has 1 unspecified atom stereocenters. The summed E-state index contributed by atoms with van der Waals surface area (Å²) >= 11 is 0. The van der Waals surface area contributed by atoms with Gasteiger partial charge in [-0.3, -0.25) is 4.79 Å². The molecule has 8 nitrogen and oxygen atoms in total. The van der Waals surface area contributed by atoms with Crippen LogP contribution in [0.2, 0.25) is 0 Å². The fraction of sp³-hybridized carbons (Fsp3) is 0.577. The van der Waals surface area contributed by atoms with Crippen LogP contribution in [0.1, 0.15) is 59.3 Å². The van der Waals surface area contributed by atoms with Crippen molar-refractivity contribution < 1.29 is 32.6 Å². The van der Waals surface area contributed by atoms with Gasteiger partial charge < -0.3 is 24.6 Å². The molecule has 5 rings (SSSR count). The molecule has 1 spiro atoms. The summed E-state index contributed by atoms with van der Waals surface area (Å²) in [5, 5.41) is 3.00. The van der Waals surface area contributed by atoms with E-state index in [0.717, 1.165) is 23.1 Å². The number of cyclic esters (lactones) is 2. The van der Waals surface area contributed by atoms with Crippen molar-refractivity contribution >= 4 is 17.8 Å². The average molecular weight is 504 g/mol. The topological polar surface area (TPSA) is 88.2 Å². The number of alkyl halides is 2. The molecule has 0 saturated carbocycles. The first kappa shape index (κ1) is 24.8. The minimum Gasteiger partial charge on any atom is -0.457 e. The van der Waals surface area contributed by atoms with Crippen LogP contribution in [0.15, 0.2) is 23.4 Å². The molecule has 2 saturated heterocycles. The third kappa shape index (κ3) is 4.30. The highest BCUT2D eigenvalue weighted by atomic mass is 19.3. The lowest BCUT2D eigenvalue weighted by Crippen LogP contribution is -2.47. The largest absolute Gasteiger partial charge is 0.457 e. The Morgan fingerprint density at radius 3 is 2.36 bits per heavy atom. The van der Waals surface area contributed by atoms with Gasteiger partial charge in [0, 0.05) is 24.7 Å². The van der Waals surface area contributed by atoms with Gasteiger partial charge >= 0.3 is 11.9 Å².